The van der Waals surface area contributed by atoms with E-state index in [1.54, 1.807) is 16.7 Å². The minimum atomic E-state index is -0.582. The van der Waals surface area contributed by atoms with Crippen LogP contribution in [0.4, 0.5) is 0 Å². The van der Waals surface area contributed by atoms with E-state index < -0.39 is 5.54 Å². The van der Waals surface area contributed by atoms with Crippen molar-refractivity contribution in [2.75, 3.05) is 18.6 Å². The largest absolute Gasteiger partial charge is 0.340 e. The van der Waals surface area contributed by atoms with Crippen LogP contribution in [0.1, 0.15) is 45.4 Å². The maximum absolute atomic E-state index is 12.8. The summed E-state index contributed by atoms with van der Waals surface area (Å²) in [5, 5.41) is 2.99. The van der Waals surface area contributed by atoms with Crippen molar-refractivity contribution >= 4 is 23.6 Å². The van der Waals surface area contributed by atoms with E-state index >= 15 is 0 Å². The highest BCUT2D eigenvalue weighted by molar-refractivity contribution is 7.98. The Labute approximate surface area is 119 Å². The van der Waals surface area contributed by atoms with Crippen molar-refractivity contribution in [1.29, 1.82) is 0 Å². The first-order chi connectivity index (χ1) is 9.09. The minimum absolute atomic E-state index is 0.0116. The summed E-state index contributed by atoms with van der Waals surface area (Å²) in [4.78, 5) is 26.5. The number of carbonyl (C=O) groups excluding carboxylic acids is 2. The zero-order valence-corrected chi connectivity index (χ0v) is 12.7. The van der Waals surface area contributed by atoms with Gasteiger partial charge >= 0.3 is 0 Å². The summed E-state index contributed by atoms with van der Waals surface area (Å²) in [5.74, 6) is 1.19. The average molecular weight is 284 g/mol. The van der Waals surface area contributed by atoms with Crippen LogP contribution in [0.15, 0.2) is 0 Å². The predicted octanol–water partition coefficient (Wildman–Crippen LogP) is 1.79. The van der Waals surface area contributed by atoms with Gasteiger partial charge in [0.25, 0.3) is 0 Å². The zero-order valence-electron chi connectivity index (χ0n) is 11.9. The molecule has 1 N–H and O–H groups in total. The quantitative estimate of drug-likeness (QED) is 0.856. The topological polar surface area (TPSA) is 49.4 Å². The third-order valence-electron chi connectivity index (χ3n) is 4.34. The molecule has 1 aliphatic carbocycles. The van der Waals surface area contributed by atoms with Gasteiger partial charge in [0.15, 0.2) is 0 Å². The first-order valence-electron chi connectivity index (χ1n) is 7.20. The molecule has 1 heterocycles. The number of amides is 2. The van der Waals surface area contributed by atoms with Crippen molar-refractivity contribution < 1.29 is 9.59 Å². The highest BCUT2D eigenvalue weighted by atomic mass is 32.2. The Kier molecular flexibility index (Phi) is 4.76. The Morgan fingerprint density at radius 3 is 2.63 bits per heavy atom. The summed E-state index contributed by atoms with van der Waals surface area (Å²) in [6.45, 7) is 2.29. The minimum Gasteiger partial charge on any atom is -0.340 e. The molecule has 1 saturated carbocycles. The highest BCUT2D eigenvalue weighted by Gasteiger charge is 2.47. The molecule has 1 unspecified atom stereocenters. The lowest BCUT2D eigenvalue weighted by atomic mass is 9.79. The average Bonchev–Trinajstić information content (AvgIpc) is 2.41. The van der Waals surface area contributed by atoms with E-state index in [1.165, 1.54) is 6.42 Å². The van der Waals surface area contributed by atoms with Crippen LogP contribution >= 0.6 is 11.8 Å². The fourth-order valence-electron chi connectivity index (χ4n) is 3.16. The van der Waals surface area contributed by atoms with Gasteiger partial charge in [0.2, 0.25) is 11.8 Å². The second kappa shape index (κ2) is 6.16. The fraction of sp³-hybridized carbons (Fsp3) is 0.857. The molecule has 108 valence electrons. The van der Waals surface area contributed by atoms with Crippen molar-refractivity contribution in [1.82, 2.24) is 10.2 Å². The molecule has 1 spiro atoms. The molecule has 5 heteroatoms. The van der Waals surface area contributed by atoms with Gasteiger partial charge in [0, 0.05) is 6.04 Å². The van der Waals surface area contributed by atoms with E-state index in [0.29, 0.717) is 0 Å². The number of thioether (sulfide) groups is 1. The third-order valence-corrected chi connectivity index (χ3v) is 4.99. The first kappa shape index (κ1) is 14.7. The first-order valence-corrected chi connectivity index (χ1v) is 8.59. The molecule has 0 aromatic carbocycles. The molecular formula is C14H24N2O2S. The van der Waals surface area contributed by atoms with Crippen molar-refractivity contribution in [2.24, 2.45) is 0 Å². The fourth-order valence-corrected chi connectivity index (χ4v) is 3.73. The predicted molar refractivity (Wildman–Crippen MR) is 78.1 cm³/mol. The monoisotopic (exact) mass is 284 g/mol. The van der Waals surface area contributed by atoms with Crippen LogP contribution in [0.5, 0.6) is 0 Å². The lowest BCUT2D eigenvalue weighted by molar-refractivity contribution is -0.153. The molecule has 19 heavy (non-hydrogen) atoms. The zero-order chi connectivity index (χ0) is 13.9. The van der Waals surface area contributed by atoms with Crippen molar-refractivity contribution in [3.63, 3.8) is 0 Å². The molecule has 1 aliphatic heterocycles. The third kappa shape index (κ3) is 3.07. The summed E-state index contributed by atoms with van der Waals surface area (Å²) in [6, 6.07) is 0.157. The molecule has 2 fully saturated rings. The number of carbonyl (C=O) groups is 2. The standard InChI is InChI=1S/C14H24N2O2S/c1-11(6-9-19-2)16-10-12(17)15-14(13(16)18)7-4-3-5-8-14/h11H,3-10H2,1-2H3,(H,15,17). The van der Waals surface area contributed by atoms with Gasteiger partial charge < -0.3 is 10.2 Å². The summed E-state index contributed by atoms with van der Waals surface area (Å²) in [6.07, 6.45) is 7.90. The van der Waals surface area contributed by atoms with Crippen molar-refractivity contribution in [3.8, 4) is 0 Å². The van der Waals surface area contributed by atoms with E-state index in [4.69, 9.17) is 0 Å². The van der Waals surface area contributed by atoms with E-state index in [0.717, 1.165) is 37.9 Å². The Morgan fingerprint density at radius 1 is 1.32 bits per heavy atom. The number of piperazine rings is 1. The van der Waals surface area contributed by atoms with Gasteiger partial charge in [-0.05, 0) is 38.2 Å². The molecule has 0 aromatic heterocycles. The lowest BCUT2D eigenvalue weighted by Gasteiger charge is -2.46. The van der Waals surface area contributed by atoms with Gasteiger partial charge in [-0.2, -0.15) is 11.8 Å². The SMILES string of the molecule is CSCCC(C)N1CC(=O)NC2(CCCCC2)C1=O. The van der Waals surface area contributed by atoms with Gasteiger partial charge in [0.05, 0.1) is 6.54 Å². The molecule has 4 nitrogen and oxygen atoms in total. The van der Waals surface area contributed by atoms with Crippen molar-refractivity contribution in [2.45, 2.75) is 57.0 Å². The smallest absolute Gasteiger partial charge is 0.249 e. The Morgan fingerprint density at radius 2 is 2.00 bits per heavy atom. The Balaban J connectivity index is 2.11. The maximum Gasteiger partial charge on any atom is 0.249 e. The van der Waals surface area contributed by atoms with Crippen LogP contribution in [0.25, 0.3) is 0 Å². The second-order valence-electron chi connectivity index (χ2n) is 5.75. The molecule has 0 bridgehead atoms. The Hall–Kier alpha value is -0.710. The number of rotatable bonds is 4. The van der Waals surface area contributed by atoms with Crippen LogP contribution in [-0.4, -0.2) is 46.8 Å². The highest BCUT2D eigenvalue weighted by Crippen LogP contribution is 2.32. The molecule has 0 aromatic rings. The lowest BCUT2D eigenvalue weighted by Crippen LogP contribution is -2.68. The van der Waals surface area contributed by atoms with Gasteiger partial charge in [-0.3, -0.25) is 9.59 Å². The van der Waals surface area contributed by atoms with Crippen LogP contribution in [0.3, 0.4) is 0 Å². The van der Waals surface area contributed by atoms with Gasteiger partial charge in [-0.25, -0.2) is 0 Å². The normalized spacial score (nSPS) is 24.4. The second-order valence-corrected chi connectivity index (χ2v) is 6.74. The van der Waals surface area contributed by atoms with Crippen LogP contribution < -0.4 is 5.32 Å². The molecule has 2 rings (SSSR count). The van der Waals surface area contributed by atoms with E-state index in [-0.39, 0.29) is 24.4 Å². The molecule has 0 radical (unpaired) electrons. The molecule has 2 aliphatic rings. The van der Waals surface area contributed by atoms with Crippen LogP contribution in [0, 0.1) is 0 Å². The van der Waals surface area contributed by atoms with E-state index in [1.807, 2.05) is 0 Å². The number of nitrogens with one attached hydrogen (secondary N) is 1. The molecule has 2 amide bonds. The molecule has 1 saturated heterocycles. The van der Waals surface area contributed by atoms with Crippen LogP contribution in [-0.2, 0) is 9.59 Å². The summed E-state index contributed by atoms with van der Waals surface area (Å²) >= 11 is 1.78. The number of nitrogens with zero attached hydrogens (tertiary/aromatic N) is 1. The van der Waals surface area contributed by atoms with E-state index in [2.05, 4.69) is 18.5 Å². The van der Waals surface area contributed by atoms with E-state index in [9.17, 15) is 9.59 Å². The Bertz CT molecular complexity index is 353. The maximum atomic E-state index is 12.8. The molecule has 1 atom stereocenters. The van der Waals surface area contributed by atoms with Gasteiger partial charge in [-0.1, -0.05) is 19.3 Å². The summed E-state index contributed by atoms with van der Waals surface area (Å²) < 4.78 is 0. The summed E-state index contributed by atoms with van der Waals surface area (Å²) in [7, 11) is 0. The number of hydrogen-bond acceptors (Lipinski definition) is 3. The van der Waals surface area contributed by atoms with Gasteiger partial charge in [-0.15, -0.1) is 0 Å². The van der Waals surface area contributed by atoms with Crippen LogP contribution in [0.2, 0.25) is 0 Å². The molecular weight excluding hydrogens is 260 g/mol. The number of hydrogen-bond donors (Lipinski definition) is 1. The van der Waals surface area contributed by atoms with Gasteiger partial charge in [0.1, 0.15) is 5.54 Å². The van der Waals surface area contributed by atoms with Crippen molar-refractivity contribution in [3.05, 3.63) is 0 Å². The summed E-state index contributed by atoms with van der Waals surface area (Å²) in [5.41, 5.74) is -0.582.